The van der Waals surface area contributed by atoms with Crippen molar-refractivity contribution in [1.29, 1.82) is 5.26 Å². The van der Waals surface area contributed by atoms with Gasteiger partial charge >= 0.3 is 0 Å². The molecule has 0 aliphatic rings. The molecular formula is C22H16Cl2N4O3. The van der Waals surface area contributed by atoms with Gasteiger partial charge in [0, 0.05) is 23.5 Å². The molecule has 0 radical (unpaired) electrons. The number of non-ortho nitro benzene ring substituents is 1. The molecule has 0 unspecified atom stereocenters. The third kappa shape index (κ3) is 4.61. The van der Waals surface area contributed by atoms with Crippen molar-refractivity contribution in [3.8, 4) is 11.8 Å². The number of carbonyl (C=O) groups is 1. The van der Waals surface area contributed by atoms with E-state index in [0.717, 1.165) is 11.4 Å². The number of halogens is 2. The second kappa shape index (κ2) is 9.04. The minimum Gasteiger partial charge on any atom is -0.320 e. The highest BCUT2D eigenvalue weighted by molar-refractivity contribution is 6.44. The lowest BCUT2D eigenvalue weighted by Gasteiger charge is -2.09. The predicted molar refractivity (Wildman–Crippen MR) is 121 cm³/mol. The Hall–Kier alpha value is -3.60. The molecule has 156 valence electrons. The molecule has 0 saturated carbocycles. The van der Waals surface area contributed by atoms with Crippen LogP contribution in [0.15, 0.2) is 54.1 Å². The quantitative estimate of drug-likeness (QED) is 0.226. The van der Waals surface area contributed by atoms with Crippen molar-refractivity contribution in [3.63, 3.8) is 0 Å². The summed E-state index contributed by atoms with van der Waals surface area (Å²) in [6, 6.07) is 14.7. The summed E-state index contributed by atoms with van der Waals surface area (Å²) in [5, 5.41) is 23.7. The summed E-state index contributed by atoms with van der Waals surface area (Å²) in [5.74, 6) is -0.633. The van der Waals surface area contributed by atoms with Crippen molar-refractivity contribution < 1.29 is 9.72 Å². The monoisotopic (exact) mass is 454 g/mol. The molecule has 0 atom stereocenters. The molecule has 0 aliphatic heterocycles. The first-order valence-corrected chi connectivity index (χ1v) is 9.79. The maximum atomic E-state index is 12.6. The van der Waals surface area contributed by atoms with Gasteiger partial charge in [-0.05, 0) is 49.8 Å². The van der Waals surface area contributed by atoms with E-state index in [9.17, 15) is 20.2 Å². The van der Waals surface area contributed by atoms with Crippen molar-refractivity contribution >= 4 is 46.6 Å². The lowest BCUT2D eigenvalue weighted by atomic mass is 10.1. The normalized spacial score (nSPS) is 11.1. The van der Waals surface area contributed by atoms with Crippen molar-refractivity contribution in [3.05, 3.63) is 91.2 Å². The molecule has 1 amide bonds. The Balaban J connectivity index is 1.97. The molecule has 0 spiro atoms. The maximum Gasteiger partial charge on any atom is 0.271 e. The summed E-state index contributed by atoms with van der Waals surface area (Å²) in [6.07, 6.45) is 1.46. The highest BCUT2D eigenvalue weighted by Crippen LogP contribution is 2.30. The van der Waals surface area contributed by atoms with Gasteiger partial charge in [0.05, 0.1) is 26.3 Å². The Kier molecular flexibility index (Phi) is 6.44. The Labute approximate surface area is 188 Å². The van der Waals surface area contributed by atoms with Crippen LogP contribution in [0.5, 0.6) is 0 Å². The van der Waals surface area contributed by atoms with Crippen LogP contribution in [0.2, 0.25) is 10.0 Å². The molecule has 0 aliphatic carbocycles. The zero-order valence-corrected chi connectivity index (χ0v) is 18.0. The Morgan fingerprint density at radius 1 is 1.19 bits per heavy atom. The van der Waals surface area contributed by atoms with Gasteiger partial charge in [0.1, 0.15) is 11.6 Å². The Bertz CT molecular complexity index is 1270. The van der Waals surface area contributed by atoms with Crippen LogP contribution in [0.25, 0.3) is 11.8 Å². The van der Waals surface area contributed by atoms with E-state index in [1.807, 2.05) is 17.6 Å². The average molecular weight is 455 g/mol. The molecule has 1 heterocycles. The van der Waals surface area contributed by atoms with Crippen molar-refractivity contribution in [2.75, 3.05) is 5.32 Å². The molecule has 7 nitrogen and oxygen atoms in total. The fourth-order valence-electron chi connectivity index (χ4n) is 3.17. The number of carbonyl (C=O) groups excluding carboxylic acids is 1. The minimum atomic E-state index is -0.633. The number of nitro benzene ring substituents is 1. The highest BCUT2D eigenvalue weighted by Gasteiger charge is 2.16. The molecule has 31 heavy (non-hydrogen) atoms. The smallest absolute Gasteiger partial charge is 0.271 e. The maximum absolute atomic E-state index is 12.6. The number of benzene rings is 2. The Morgan fingerprint density at radius 3 is 2.58 bits per heavy atom. The van der Waals surface area contributed by atoms with Crippen LogP contribution in [-0.2, 0) is 4.79 Å². The second-order valence-corrected chi connectivity index (χ2v) is 7.45. The van der Waals surface area contributed by atoms with Crippen molar-refractivity contribution in [1.82, 2.24) is 4.57 Å². The van der Waals surface area contributed by atoms with Gasteiger partial charge in [-0.2, -0.15) is 5.26 Å². The first-order chi connectivity index (χ1) is 14.7. The highest BCUT2D eigenvalue weighted by atomic mass is 35.5. The van der Waals surface area contributed by atoms with E-state index in [2.05, 4.69) is 5.32 Å². The molecular weight excluding hydrogens is 439 g/mol. The molecule has 0 bridgehead atoms. The number of rotatable bonds is 5. The molecule has 0 fully saturated rings. The zero-order chi connectivity index (χ0) is 22.7. The number of aromatic nitrogens is 1. The predicted octanol–water partition coefficient (Wildman–Crippen LogP) is 5.85. The molecule has 2 aromatic carbocycles. The van der Waals surface area contributed by atoms with E-state index in [4.69, 9.17) is 23.2 Å². The van der Waals surface area contributed by atoms with Crippen LogP contribution in [-0.4, -0.2) is 15.4 Å². The first kappa shape index (κ1) is 22.1. The van der Waals surface area contributed by atoms with Gasteiger partial charge in [0.15, 0.2) is 0 Å². The van der Waals surface area contributed by atoms with E-state index in [-0.39, 0.29) is 21.3 Å². The van der Waals surface area contributed by atoms with Crippen LogP contribution in [0.4, 0.5) is 11.4 Å². The summed E-state index contributed by atoms with van der Waals surface area (Å²) >= 11 is 12.1. The number of aryl methyl sites for hydroxylation is 1. The molecule has 3 aromatic rings. The van der Waals surface area contributed by atoms with E-state index < -0.39 is 10.8 Å². The van der Waals surface area contributed by atoms with E-state index >= 15 is 0 Å². The standard InChI is InChI=1S/C22H16Cl2N4O3/c1-13-9-15(14(2)27(13)17-5-3-6-18(11-17)28(30)31)10-16(12-25)22(29)26-20-8-4-7-19(23)21(20)24/h3-11H,1-2H3,(H,26,29)/b16-10-. The van der Waals surface area contributed by atoms with Gasteiger partial charge in [-0.3, -0.25) is 14.9 Å². The van der Waals surface area contributed by atoms with Crippen molar-refractivity contribution in [2.24, 2.45) is 0 Å². The van der Waals surface area contributed by atoms with Crippen LogP contribution in [0, 0.1) is 35.3 Å². The fraction of sp³-hybridized carbons (Fsp3) is 0.0909. The Morgan fingerprint density at radius 2 is 1.90 bits per heavy atom. The van der Waals surface area contributed by atoms with Gasteiger partial charge in [0.25, 0.3) is 11.6 Å². The second-order valence-electron chi connectivity index (χ2n) is 6.66. The average Bonchev–Trinajstić information content (AvgIpc) is 3.02. The van der Waals surface area contributed by atoms with E-state index in [1.165, 1.54) is 18.2 Å². The lowest BCUT2D eigenvalue weighted by molar-refractivity contribution is -0.384. The van der Waals surface area contributed by atoms with Gasteiger partial charge in [-0.1, -0.05) is 35.3 Å². The first-order valence-electron chi connectivity index (χ1n) is 9.04. The molecule has 1 N–H and O–H groups in total. The number of nitrogens with zero attached hydrogens (tertiary/aromatic N) is 3. The third-order valence-electron chi connectivity index (χ3n) is 4.63. The summed E-state index contributed by atoms with van der Waals surface area (Å²) < 4.78 is 1.82. The van der Waals surface area contributed by atoms with Crippen LogP contribution >= 0.6 is 23.2 Å². The summed E-state index contributed by atoms with van der Waals surface area (Å²) in [6.45, 7) is 3.64. The van der Waals surface area contributed by atoms with Crippen LogP contribution < -0.4 is 5.32 Å². The minimum absolute atomic E-state index is 0.0300. The van der Waals surface area contributed by atoms with Gasteiger partial charge < -0.3 is 9.88 Å². The topological polar surface area (TPSA) is 101 Å². The van der Waals surface area contributed by atoms with E-state index in [0.29, 0.717) is 16.9 Å². The number of hydrogen-bond donors (Lipinski definition) is 1. The molecule has 9 heteroatoms. The van der Waals surface area contributed by atoms with Crippen LogP contribution in [0.3, 0.4) is 0 Å². The van der Waals surface area contributed by atoms with Gasteiger partial charge in [-0.25, -0.2) is 0 Å². The van der Waals surface area contributed by atoms with Crippen molar-refractivity contribution in [2.45, 2.75) is 13.8 Å². The SMILES string of the molecule is Cc1cc(/C=C(/C#N)C(=O)Nc2cccc(Cl)c2Cl)c(C)n1-c1cccc([N+](=O)[O-])c1. The zero-order valence-electron chi connectivity index (χ0n) is 16.5. The molecule has 3 rings (SSSR count). The number of hydrogen-bond acceptors (Lipinski definition) is 4. The fourth-order valence-corrected chi connectivity index (χ4v) is 3.52. The number of anilines is 1. The molecule has 0 saturated heterocycles. The third-order valence-corrected chi connectivity index (χ3v) is 5.45. The lowest BCUT2D eigenvalue weighted by Crippen LogP contribution is -2.13. The number of amides is 1. The summed E-state index contributed by atoms with van der Waals surface area (Å²) in [5.41, 5.74) is 2.89. The summed E-state index contributed by atoms with van der Waals surface area (Å²) in [4.78, 5) is 23.3. The van der Waals surface area contributed by atoms with Gasteiger partial charge in [0.2, 0.25) is 0 Å². The number of nitrogens with one attached hydrogen (secondary N) is 1. The van der Waals surface area contributed by atoms with Crippen LogP contribution in [0.1, 0.15) is 17.0 Å². The number of nitriles is 1. The molecule has 1 aromatic heterocycles. The largest absolute Gasteiger partial charge is 0.320 e. The number of nitro groups is 1. The van der Waals surface area contributed by atoms with Gasteiger partial charge in [-0.15, -0.1) is 0 Å². The summed E-state index contributed by atoms with van der Waals surface area (Å²) in [7, 11) is 0. The van der Waals surface area contributed by atoms with E-state index in [1.54, 1.807) is 43.3 Å².